The van der Waals surface area contributed by atoms with Gasteiger partial charge in [0, 0.05) is 11.1 Å². The van der Waals surface area contributed by atoms with Crippen LogP contribution >= 0.6 is 0 Å². The molecule has 0 atom stereocenters. The van der Waals surface area contributed by atoms with Crippen molar-refractivity contribution in [2.75, 3.05) is 7.11 Å². The molecule has 2 rings (SSSR count). The molecular formula is C16H15F2NO2. The number of halogens is 2. The molecule has 0 saturated heterocycles. The summed E-state index contributed by atoms with van der Waals surface area (Å²) in [5, 5.41) is 3.79. The van der Waals surface area contributed by atoms with Crippen LogP contribution in [0.4, 0.5) is 8.78 Å². The van der Waals surface area contributed by atoms with E-state index in [0.717, 1.165) is 5.56 Å². The molecule has 2 aromatic carbocycles. The van der Waals surface area contributed by atoms with Gasteiger partial charge in [0.1, 0.15) is 12.4 Å². The summed E-state index contributed by atoms with van der Waals surface area (Å²) in [7, 11) is 1.58. The number of alkyl halides is 2. The summed E-state index contributed by atoms with van der Waals surface area (Å²) in [6.07, 6.45) is -1.01. The zero-order chi connectivity index (χ0) is 15.1. The first kappa shape index (κ1) is 15.0. The lowest BCUT2D eigenvalue weighted by Crippen LogP contribution is -1.96. The Bertz CT molecular complexity index is 615. The molecule has 0 radical (unpaired) electrons. The quantitative estimate of drug-likeness (QED) is 0.590. The number of nitrogens with zero attached hydrogens (tertiary/aromatic N) is 1. The van der Waals surface area contributed by atoms with Crippen molar-refractivity contribution in [3.8, 4) is 5.75 Å². The zero-order valence-corrected chi connectivity index (χ0v) is 11.5. The first-order valence-corrected chi connectivity index (χ1v) is 6.36. The van der Waals surface area contributed by atoms with Crippen LogP contribution in [-0.4, -0.2) is 13.3 Å². The summed E-state index contributed by atoms with van der Waals surface area (Å²) < 4.78 is 30.6. The van der Waals surface area contributed by atoms with E-state index in [1.165, 1.54) is 12.3 Å². The SMILES string of the molecule is COc1cccc(C=NOCc2ccccc2C(F)F)c1. The maximum atomic E-state index is 12.8. The number of oxime groups is 1. The standard InChI is InChI=1S/C16H15F2NO2/c1-20-14-7-4-5-12(9-14)10-19-21-11-13-6-2-3-8-15(13)16(17)18/h2-10,16H,11H2,1H3. The van der Waals surface area contributed by atoms with Gasteiger partial charge in [0.25, 0.3) is 6.43 Å². The second-order valence-corrected chi connectivity index (χ2v) is 4.28. The Hall–Kier alpha value is -2.43. The highest BCUT2D eigenvalue weighted by Crippen LogP contribution is 2.23. The van der Waals surface area contributed by atoms with E-state index in [1.54, 1.807) is 31.4 Å². The topological polar surface area (TPSA) is 30.8 Å². The van der Waals surface area contributed by atoms with Gasteiger partial charge < -0.3 is 9.57 Å². The highest BCUT2D eigenvalue weighted by atomic mass is 19.3. The maximum Gasteiger partial charge on any atom is 0.264 e. The molecule has 0 amide bonds. The van der Waals surface area contributed by atoms with Gasteiger partial charge in [-0.15, -0.1) is 0 Å². The van der Waals surface area contributed by atoms with Crippen LogP contribution in [0, 0.1) is 0 Å². The van der Waals surface area contributed by atoms with Gasteiger partial charge in [-0.25, -0.2) is 8.78 Å². The average Bonchev–Trinajstić information content (AvgIpc) is 2.52. The minimum atomic E-state index is -2.52. The molecule has 0 N–H and O–H groups in total. The van der Waals surface area contributed by atoms with Crippen LogP contribution < -0.4 is 4.74 Å². The van der Waals surface area contributed by atoms with Crippen LogP contribution in [0.1, 0.15) is 23.1 Å². The maximum absolute atomic E-state index is 12.8. The molecule has 0 saturated carbocycles. The summed E-state index contributed by atoms with van der Waals surface area (Å²) in [5.41, 5.74) is 1.20. The van der Waals surface area contributed by atoms with Crippen molar-refractivity contribution in [2.24, 2.45) is 5.16 Å². The minimum absolute atomic E-state index is 0.000974. The monoisotopic (exact) mass is 291 g/mol. The van der Waals surface area contributed by atoms with Crippen molar-refractivity contribution < 1.29 is 18.4 Å². The normalized spacial score (nSPS) is 11.0. The highest BCUT2D eigenvalue weighted by Gasteiger charge is 2.11. The number of rotatable bonds is 6. The second kappa shape index (κ2) is 7.38. The van der Waals surface area contributed by atoms with Crippen molar-refractivity contribution in [2.45, 2.75) is 13.0 Å². The predicted octanol–water partition coefficient (Wildman–Crippen LogP) is 4.18. The Morgan fingerprint density at radius 2 is 1.95 bits per heavy atom. The molecule has 0 heterocycles. The van der Waals surface area contributed by atoms with Crippen molar-refractivity contribution in [3.63, 3.8) is 0 Å². The summed E-state index contributed by atoms with van der Waals surface area (Å²) in [4.78, 5) is 5.08. The lowest BCUT2D eigenvalue weighted by molar-refractivity contribution is 0.120. The Labute approximate surface area is 121 Å². The lowest BCUT2D eigenvalue weighted by Gasteiger charge is -2.07. The Balaban J connectivity index is 1.96. The zero-order valence-electron chi connectivity index (χ0n) is 11.5. The molecule has 0 fully saturated rings. The number of hydrogen-bond donors (Lipinski definition) is 0. The molecule has 0 aliphatic carbocycles. The van der Waals surface area contributed by atoms with Gasteiger partial charge in [-0.3, -0.25) is 0 Å². The predicted molar refractivity (Wildman–Crippen MR) is 76.8 cm³/mol. The van der Waals surface area contributed by atoms with E-state index in [-0.39, 0.29) is 12.2 Å². The van der Waals surface area contributed by atoms with Crippen molar-refractivity contribution >= 4 is 6.21 Å². The smallest absolute Gasteiger partial charge is 0.264 e. The van der Waals surface area contributed by atoms with Gasteiger partial charge in [0.2, 0.25) is 0 Å². The van der Waals surface area contributed by atoms with Crippen molar-refractivity contribution in [3.05, 3.63) is 65.2 Å². The lowest BCUT2D eigenvalue weighted by atomic mass is 10.1. The summed E-state index contributed by atoms with van der Waals surface area (Å²) in [5.74, 6) is 0.710. The third-order valence-electron chi connectivity index (χ3n) is 2.88. The fraction of sp³-hybridized carbons (Fsp3) is 0.188. The molecule has 3 nitrogen and oxygen atoms in total. The molecule has 5 heteroatoms. The molecule has 0 aliphatic heterocycles. The Morgan fingerprint density at radius 1 is 1.14 bits per heavy atom. The van der Waals surface area contributed by atoms with E-state index in [9.17, 15) is 8.78 Å². The van der Waals surface area contributed by atoms with Gasteiger partial charge in [0.05, 0.1) is 13.3 Å². The van der Waals surface area contributed by atoms with Gasteiger partial charge >= 0.3 is 0 Å². The fourth-order valence-electron chi connectivity index (χ4n) is 1.81. The van der Waals surface area contributed by atoms with Crippen LogP contribution in [-0.2, 0) is 11.4 Å². The van der Waals surface area contributed by atoms with Crippen LogP contribution in [0.25, 0.3) is 0 Å². The molecule has 0 bridgehead atoms. The van der Waals surface area contributed by atoms with Crippen LogP contribution in [0.3, 0.4) is 0 Å². The number of methoxy groups -OCH3 is 1. The number of ether oxygens (including phenoxy) is 1. The fourth-order valence-corrected chi connectivity index (χ4v) is 1.81. The summed E-state index contributed by atoms with van der Waals surface area (Å²) >= 11 is 0. The van der Waals surface area contributed by atoms with E-state index in [4.69, 9.17) is 9.57 Å². The van der Waals surface area contributed by atoms with E-state index in [2.05, 4.69) is 5.16 Å². The number of hydrogen-bond acceptors (Lipinski definition) is 3. The van der Waals surface area contributed by atoms with Crippen LogP contribution in [0.15, 0.2) is 53.7 Å². The largest absolute Gasteiger partial charge is 0.497 e. The first-order chi connectivity index (χ1) is 10.2. The van der Waals surface area contributed by atoms with Gasteiger partial charge in [0.15, 0.2) is 0 Å². The first-order valence-electron chi connectivity index (χ1n) is 6.36. The van der Waals surface area contributed by atoms with E-state index in [0.29, 0.717) is 11.3 Å². The van der Waals surface area contributed by atoms with Crippen molar-refractivity contribution in [1.29, 1.82) is 0 Å². The number of benzene rings is 2. The Kier molecular flexibility index (Phi) is 5.26. The molecule has 0 unspecified atom stereocenters. The Morgan fingerprint density at radius 3 is 2.71 bits per heavy atom. The van der Waals surface area contributed by atoms with E-state index >= 15 is 0 Å². The third-order valence-corrected chi connectivity index (χ3v) is 2.88. The molecule has 0 aliphatic rings. The molecule has 21 heavy (non-hydrogen) atoms. The molecule has 0 aromatic heterocycles. The van der Waals surface area contributed by atoms with E-state index in [1.807, 2.05) is 18.2 Å². The van der Waals surface area contributed by atoms with Gasteiger partial charge in [-0.2, -0.15) is 0 Å². The molecule has 0 spiro atoms. The van der Waals surface area contributed by atoms with Gasteiger partial charge in [-0.05, 0) is 17.7 Å². The van der Waals surface area contributed by atoms with Crippen molar-refractivity contribution in [1.82, 2.24) is 0 Å². The minimum Gasteiger partial charge on any atom is -0.497 e. The molecule has 110 valence electrons. The highest BCUT2D eigenvalue weighted by molar-refractivity contribution is 5.79. The molecular weight excluding hydrogens is 276 g/mol. The summed E-state index contributed by atoms with van der Waals surface area (Å²) in [6, 6.07) is 13.5. The molecule has 2 aromatic rings. The second-order valence-electron chi connectivity index (χ2n) is 4.28. The average molecular weight is 291 g/mol. The van der Waals surface area contributed by atoms with E-state index < -0.39 is 6.43 Å². The third kappa shape index (κ3) is 4.27. The van der Waals surface area contributed by atoms with Gasteiger partial charge in [-0.1, -0.05) is 41.6 Å². The van der Waals surface area contributed by atoms with Crippen LogP contribution in [0.5, 0.6) is 5.75 Å². The van der Waals surface area contributed by atoms with Crippen LogP contribution in [0.2, 0.25) is 0 Å². The summed E-state index contributed by atoms with van der Waals surface area (Å²) in [6.45, 7) is 0.000974.